The first-order chi connectivity index (χ1) is 21.7. The van der Waals surface area contributed by atoms with E-state index in [1.54, 1.807) is 23.1 Å². The minimum Gasteiger partial charge on any atom is -0.383 e. The van der Waals surface area contributed by atoms with Crippen LogP contribution in [0.5, 0.6) is 0 Å². The number of pyridine rings is 1. The Morgan fingerprint density at radius 3 is 2.22 bits per heavy atom. The van der Waals surface area contributed by atoms with Crippen molar-refractivity contribution in [3.8, 4) is 22.3 Å². The molecule has 1 saturated heterocycles. The topological polar surface area (TPSA) is 102 Å². The smallest absolute Gasteiger partial charge is 0.255 e. The van der Waals surface area contributed by atoms with Gasteiger partial charge in [-0.1, -0.05) is 48.5 Å². The van der Waals surface area contributed by atoms with Crippen LogP contribution in [0.3, 0.4) is 0 Å². The summed E-state index contributed by atoms with van der Waals surface area (Å²) in [5, 5.41) is 7.38. The summed E-state index contributed by atoms with van der Waals surface area (Å²) in [6.07, 6.45) is 8.02. The lowest BCUT2D eigenvalue weighted by Gasteiger charge is -2.42. The Balaban J connectivity index is 1.02. The highest BCUT2D eigenvalue weighted by Gasteiger charge is 2.30. The molecule has 4 atom stereocenters. The van der Waals surface area contributed by atoms with Gasteiger partial charge in [0.2, 0.25) is 0 Å². The summed E-state index contributed by atoms with van der Waals surface area (Å²) in [5.74, 6) is -0.0149. The maximum absolute atomic E-state index is 13.2. The molecular weight excluding hydrogens is 562 g/mol. The molecule has 3 heterocycles. The van der Waals surface area contributed by atoms with Gasteiger partial charge >= 0.3 is 0 Å². The molecule has 6 rings (SSSR count). The van der Waals surface area contributed by atoms with Crippen molar-refractivity contribution in [2.45, 2.75) is 70.5 Å². The number of nitrogens with zero attached hydrogens (tertiary/aromatic N) is 5. The van der Waals surface area contributed by atoms with E-state index in [1.165, 1.54) is 16.7 Å². The number of aryl methyl sites for hydroxylation is 1. The number of benzene rings is 2. The molecule has 1 unspecified atom stereocenters. The van der Waals surface area contributed by atoms with Crippen LogP contribution in [0, 0.1) is 0 Å². The zero-order valence-electron chi connectivity index (χ0n) is 26.8. The summed E-state index contributed by atoms with van der Waals surface area (Å²) in [7, 11) is 4.08. The minimum atomic E-state index is -0.228. The Bertz CT molecular complexity index is 1590. The van der Waals surface area contributed by atoms with E-state index < -0.39 is 0 Å². The van der Waals surface area contributed by atoms with Crippen molar-refractivity contribution in [3.05, 3.63) is 89.9 Å². The van der Waals surface area contributed by atoms with E-state index in [1.807, 2.05) is 13.2 Å². The van der Waals surface area contributed by atoms with Gasteiger partial charge in [0.15, 0.2) is 0 Å². The quantitative estimate of drug-likeness (QED) is 0.272. The van der Waals surface area contributed by atoms with Crippen molar-refractivity contribution >= 4 is 11.7 Å². The number of aromatic nitrogens is 3. The zero-order chi connectivity index (χ0) is 31.5. The highest BCUT2D eigenvalue weighted by atomic mass is 16.5. The van der Waals surface area contributed by atoms with Crippen molar-refractivity contribution in [2.75, 3.05) is 25.9 Å². The fourth-order valence-corrected chi connectivity index (χ4v) is 6.62. The molecule has 0 radical (unpaired) electrons. The Labute approximate surface area is 266 Å². The average Bonchev–Trinajstić information content (AvgIpc) is 3.68. The van der Waals surface area contributed by atoms with Gasteiger partial charge in [-0.2, -0.15) is 5.10 Å². The third-order valence-electron chi connectivity index (χ3n) is 9.52. The molecule has 2 fully saturated rings. The molecule has 1 saturated carbocycles. The van der Waals surface area contributed by atoms with Crippen LogP contribution in [-0.4, -0.2) is 74.8 Å². The highest BCUT2D eigenvalue weighted by Crippen LogP contribution is 2.27. The van der Waals surface area contributed by atoms with Crippen LogP contribution in [0.2, 0.25) is 0 Å². The van der Waals surface area contributed by atoms with Gasteiger partial charge in [-0.15, -0.1) is 0 Å². The van der Waals surface area contributed by atoms with Gasteiger partial charge < -0.3 is 15.8 Å². The summed E-state index contributed by atoms with van der Waals surface area (Å²) in [4.78, 5) is 22.5. The van der Waals surface area contributed by atoms with Gasteiger partial charge in [-0.25, -0.2) is 4.98 Å². The number of nitrogens with two attached hydrogens (primary N) is 1. The minimum absolute atomic E-state index is 0.0526. The summed E-state index contributed by atoms with van der Waals surface area (Å²) in [6, 6.07) is 20.4. The third-order valence-corrected chi connectivity index (χ3v) is 9.52. The first-order valence-electron chi connectivity index (χ1n) is 16.0. The predicted octanol–water partition coefficient (Wildman–Crippen LogP) is 5.12. The van der Waals surface area contributed by atoms with E-state index in [9.17, 15) is 4.79 Å². The monoisotopic (exact) mass is 607 g/mol. The second kappa shape index (κ2) is 13.5. The van der Waals surface area contributed by atoms with Crippen LogP contribution in [0.15, 0.2) is 73.2 Å². The average molecular weight is 608 g/mol. The van der Waals surface area contributed by atoms with E-state index in [2.05, 4.69) is 94.6 Å². The number of ether oxygens (including phenoxy) is 1. The van der Waals surface area contributed by atoms with Gasteiger partial charge in [0, 0.05) is 62.3 Å². The fraction of sp³-hybridized carbons (Fsp3) is 0.417. The lowest BCUT2D eigenvalue weighted by atomic mass is 10.0. The molecule has 45 heavy (non-hydrogen) atoms. The van der Waals surface area contributed by atoms with Crippen molar-refractivity contribution in [3.63, 3.8) is 0 Å². The normalized spacial score (nSPS) is 22.5. The molecule has 4 aromatic rings. The number of anilines is 1. The summed E-state index contributed by atoms with van der Waals surface area (Å²) >= 11 is 0. The molecule has 0 bridgehead atoms. The summed E-state index contributed by atoms with van der Waals surface area (Å²) < 4.78 is 8.05. The molecular formula is C36H45N7O2. The fourth-order valence-electron chi connectivity index (χ4n) is 6.62. The molecule has 1 aliphatic carbocycles. The van der Waals surface area contributed by atoms with Crippen molar-refractivity contribution < 1.29 is 9.53 Å². The molecule has 9 heteroatoms. The second-order valence-corrected chi connectivity index (χ2v) is 12.9. The van der Waals surface area contributed by atoms with E-state index in [0.29, 0.717) is 24.3 Å². The highest BCUT2D eigenvalue weighted by molar-refractivity contribution is 5.99. The number of likely N-dealkylation sites (N-methyl/N-ethyl adjacent to an activating group) is 1. The maximum atomic E-state index is 13.2. The second-order valence-electron chi connectivity index (χ2n) is 12.9. The van der Waals surface area contributed by atoms with Gasteiger partial charge in [-0.3, -0.25) is 19.3 Å². The van der Waals surface area contributed by atoms with Crippen molar-refractivity contribution in [1.29, 1.82) is 0 Å². The molecule has 9 nitrogen and oxygen atoms in total. The molecule has 1 amide bonds. The number of nitrogen functional groups attached to an aromatic ring is 1. The van der Waals surface area contributed by atoms with Crippen LogP contribution >= 0.6 is 0 Å². The maximum Gasteiger partial charge on any atom is 0.255 e. The zero-order valence-corrected chi connectivity index (χ0v) is 26.8. The first kappa shape index (κ1) is 31.0. The Kier molecular flexibility index (Phi) is 9.30. The number of carbonyl (C=O) groups is 1. The van der Waals surface area contributed by atoms with Gasteiger partial charge in [-0.05, 0) is 68.5 Å². The lowest BCUT2D eigenvalue weighted by molar-refractivity contribution is 0.0272. The molecule has 3 N–H and O–H groups in total. The van der Waals surface area contributed by atoms with Crippen LogP contribution in [0.25, 0.3) is 22.3 Å². The number of carbonyl (C=O) groups excluding carboxylic acids is 1. The van der Waals surface area contributed by atoms with E-state index in [0.717, 1.165) is 55.6 Å². The number of hydrogen-bond donors (Lipinski definition) is 2. The molecule has 1 aliphatic heterocycles. The van der Waals surface area contributed by atoms with E-state index >= 15 is 0 Å². The molecule has 2 aliphatic rings. The SMILES string of the molecule is CC1CN(Cc2ccc(-c3ccc(CO[C@H]4CCC[C@@H]4NC(=O)c4cc(-c5cnn(C)c5)cnc4N)cc3)cc2)C[C@@H](C)N1C. The number of piperazine rings is 1. The number of amides is 1. The first-order valence-corrected chi connectivity index (χ1v) is 16.0. The van der Waals surface area contributed by atoms with Crippen molar-refractivity contribution in [2.24, 2.45) is 7.05 Å². The summed E-state index contributed by atoms with van der Waals surface area (Å²) in [6.45, 7) is 8.32. The largest absolute Gasteiger partial charge is 0.383 e. The van der Waals surface area contributed by atoms with Crippen LogP contribution < -0.4 is 11.1 Å². The van der Waals surface area contributed by atoms with Gasteiger partial charge in [0.25, 0.3) is 5.91 Å². The number of rotatable bonds is 9. The van der Waals surface area contributed by atoms with E-state index in [4.69, 9.17) is 10.5 Å². The number of nitrogens with one attached hydrogen (secondary N) is 1. The molecule has 2 aromatic carbocycles. The summed E-state index contributed by atoms with van der Waals surface area (Å²) in [5.41, 5.74) is 13.0. The standard InChI is InChI=1S/C36H45N7O2/c1-24-19-43(20-25(2)42(24)4)21-26-8-12-28(13-9-26)29-14-10-27(11-15-29)23-45-34-7-5-6-33(34)40-36(44)32-16-30(17-38-35(32)37)31-18-39-41(3)22-31/h8-18,22,24-25,33-34H,5-7,19-21,23H2,1-4H3,(H2,37,38)(H,40,44)/t24-,25?,33+,34+/m1/s1. The lowest BCUT2D eigenvalue weighted by Crippen LogP contribution is -2.54. The Hall–Kier alpha value is -4.05. The Morgan fingerprint density at radius 1 is 0.911 bits per heavy atom. The molecule has 0 spiro atoms. The number of hydrogen-bond acceptors (Lipinski definition) is 7. The molecule has 236 valence electrons. The van der Waals surface area contributed by atoms with Gasteiger partial charge in [0.1, 0.15) is 5.82 Å². The van der Waals surface area contributed by atoms with Crippen LogP contribution in [0.4, 0.5) is 5.82 Å². The van der Waals surface area contributed by atoms with Crippen molar-refractivity contribution in [1.82, 2.24) is 29.9 Å². The molecule has 2 aromatic heterocycles. The Morgan fingerprint density at radius 2 is 1.58 bits per heavy atom. The van der Waals surface area contributed by atoms with E-state index in [-0.39, 0.29) is 23.9 Å². The van der Waals surface area contributed by atoms with Crippen LogP contribution in [0.1, 0.15) is 54.6 Å². The van der Waals surface area contributed by atoms with Gasteiger partial charge in [0.05, 0.1) is 30.5 Å². The van der Waals surface area contributed by atoms with Crippen LogP contribution in [-0.2, 0) is 24.9 Å². The third kappa shape index (κ3) is 7.27. The predicted molar refractivity (Wildman–Crippen MR) is 178 cm³/mol.